The Morgan fingerprint density at radius 2 is 1.74 bits per heavy atom. The first-order valence-electron chi connectivity index (χ1n) is 22.0. The van der Waals surface area contributed by atoms with Crippen molar-refractivity contribution in [3.05, 3.63) is 98.3 Å². The van der Waals surface area contributed by atoms with Crippen LogP contribution in [0.4, 0.5) is 0 Å². The second-order valence-electron chi connectivity index (χ2n) is 17.6. The van der Waals surface area contributed by atoms with E-state index >= 15 is 0 Å². The van der Waals surface area contributed by atoms with Crippen LogP contribution in [0.2, 0.25) is 5.02 Å². The van der Waals surface area contributed by atoms with E-state index in [1.54, 1.807) is 24.3 Å². The van der Waals surface area contributed by atoms with Crippen LogP contribution >= 0.6 is 11.6 Å². The van der Waals surface area contributed by atoms with Crippen molar-refractivity contribution >= 4 is 34.4 Å². The number of piperidine rings is 3. The molecule has 0 amide bonds. The summed E-state index contributed by atoms with van der Waals surface area (Å²) >= 11 is 6.59. The molecule has 2 aliphatic carbocycles. The number of pyridine rings is 1. The zero-order chi connectivity index (χ0) is 42.5. The quantitative estimate of drug-likeness (QED) is 0.0891. The van der Waals surface area contributed by atoms with Crippen LogP contribution in [-0.4, -0.2) is 84.1 Å². The van der Waals surface area contributed by atoms with E-state index in [0.29, 0.717) is 45.7 Å². The van der Waals surface area contributed by atoms with Crippen molar-refractivity contribution in [1.29, 1.82) is 0 Å². The average molecular weight is 856 g/mol. The summed E-state index contributed by atoms with van der Waals surface area (Å²) in [6.07, 6.45) is 10.4. The number of fused-ring (bicyclic) bond motifs is 4. The van der Waals surface area contributed by atoms with Gasteiger partial charge >= 0.3 is 11.9 Å². The maximum atomic E-state index is 14.1. The molecule has 0 spiro atoms. The number of methoxy groups -OCH3 is 1. The first-order chi connectivity index (χ1) is 29.6. The Kier molecular flexibility index (Phi) is 13.5. The summed E-state index contributed by atoms with van der Waals surface area (Å²) in [5.41, 5.74) is 2.98. The summed E-state index contributed by atoms with van der Waals surface area (Å²) in [4.78, 5) is 43.8. The Morgan fingerprint density at radius 1 is 0.951 bits per heavy atom. The van der Waals surface area contributed by atoms with Crippen LogP contribution in [0.15, 0.2) is 65.5 Å². The fourth-order valence-electron chi connectivity index (χ4n) is 10.2. The van der Waals surface area contributed by atoms with E-state index in [4.69, 9.17) is 30.5 Å². The number of aromatic hydroxyl groups is 1. The smallest absolute Gasteiger partial charge is 0.344 e. The number of hydrogen-bond acceptors (Lipinski definition) is 11. The molecule has 2 saturated carbocycles. The van der Waals surface area contributed by atoms with Gasteiger partial charge in [-0.3, -0.25) is 14.5 Å². The van der Waals surface area contributed by atoms with Gasteiger partial charge in [0.05, 0.1) is 29.2 Å². The number of nitrogens with one attached hydrogen (secondary N) is 2. The first kappa shape index (κ1) is 43.0. The number of nitrogens with zero attached hydrogens (tertiary/aromatic N) is 1. The third-order valence-electron chi connectivity index (χ3n) is 13.6. The van der Waals surface area contributed by atoms with E-state index < -0.39 is 17.5 Å². The molecule has 61 heavy (non-hydrogen) atoms. The van der Waals surface area contributed by atoms with Gasteiger partial charge in [0, 0.05) is 42.7 Å². The largest absolute Gasteiger partial charge is 0.506 e. The summed E-state index contributed by atoms with van der Waals surface area (Å²) in [5, 5.41) is 25.2. The number of carbonyl (C=O) groups excluding carboxylic acids is 2. The first-order valence-corrected chi connectivity index (χ1v) is 22.4. The van der Waals surface area contributed by atoms with Gasteiger partial charge in [0.2, 0.25) is 5.56 Å². The van der Waals surface area contributed by atoms with Crippen molar-refractivity contribution < 1.29 is 38.7 Å². The zero-order valence-electron chi connectivity index (χ0n) is 35.0. The second-order valence-corrected chi connectivity index (χ2v) is 18.0. The third-order valence-corrected chi connectivity index (χ3v) is 13.9. The highest BCUT2D eigenvalue weighted by atomic mass is 35.5. The fourth-order valence-corrected chi connectivity index (χ4v) is 10.5. The van der Waals surface area contributed by atoms with Crippen LogP contribution in [0.5, 0.6) is 17.2 Å². The molecule has 0 radical (unpaired) electrons. The molecule has 3 aromatic carbocycles. The number of ether oxygens (including phenoxy) is 4. The van der Waals surface area contributed by atoms with Crippen molar-refractivity contribution in [3.8, 4) is 17.2 Å². The van der Waals surface area contributed by atoms with Crippen LogP contribution in [0.3, 0.4) is 0 Å². The highest BCUT2D eigenvalue weighted by molar-refractivity contribution is 6.32. The van der Waals surface area contributed by atoms with Crippen LogP contribution in [0.25, 0.3) is 10.9 Å². The summed E-state index contributed by atoms with van der Waals surface area (Å²) in [7, 11) is 1.53. The number of rotatable bonds is 15. The number of aliphatic hydroxyl groups is 1. The molecule has 5 aliphatic rings. The maximum absolute atomic E-state index is 14.1. The minimum absolute atomic E-state index is 0.0149. The van der Waals surface area contributed by atoms with Gasteiger partial charge in [0.1, 0.15) is 29.5 Å². The van der Waals surface area contributed by atoms with E-state index in [0.717, 1.165) is 102 Å². The lowest BCUT2D eigenvalue weighted by Gasteiger charge is -2.45. The van der Waals surface area contributed by atoms with Crippen LogP contribution < -0.4 is 20.3 Å². The molecule has 9 rings (SSSR count). The van der Waals surface area contributed by atoms with Gasteiger partial charge in [-0.05, 0) is 118 Å². The normalized spacial score (nSPS) is 23.9. The van der Waals surface area contributed by atoms with Gasteiger partial charge < -0.3 is 39.5 Å². The summed E-state index contributed by atoms with van der Waals surface area (Å²) in [6.45, 7) is 3.29. The number of aliphatic hydroxyl groups excluding tert-OH is 1. The lowest BCUT2D eigenvalue weighted by atomic mass is 9.68. The number of phenols is 1. The second kappa shape index (κ2) is 19.2. The van der Waals surface area contributed by atoms with E-state index in [1.807, 2.05) is 0 Å². The SMILES string of the molecule is COc1cc(OCC(=O)OC2CCC(Cc3cccc(C4(C(=O)O[C@H]5CN6CCC5CC6)CCCCC4)c3)CC2)c(Cl)cc1CNCC(O)c1ccc(O)c2[nH]c(=O)ccc12. The molecule has 3 saturated heterocycles. The molecule has 3 aliphatic heterocycles. The molecule has 5 fully saturated rings. The Morgan fingerprint density at radius 3 is 2.48 bits per heavy atom. The van der Waals surface area contributed by atoms with Gasteiger partial charge in [-0.15, -0.1) is 0 Å². The van der Waals surface area contributed by atoms with Gasteiger partial charge in [-0.25, -0.2) is 4.79 Å². The molecule has 1 unspecified atom stereocenters. The number of esters is 2. The van der Waals surface area contributed by atoms with Gasteiger partial charge in [0.25, 0.3) is 0 Å². The molecule has 13 heteroatoms. The molecule has 326 valence electrons. The number of benzene rings is 3. The van der Waals surface area contributed by atoms with E-state index in [1.165, 1.54) is 24.8 Å². The van der Waals surface area contributed by atoms with Crippen LogP contribution in [0, 0.1) is 11.8 Å². The summed E-state index contributed by atoms with van der Waals surface area (Å²) < 4.78 is 23.6. The molecule has 4 N–H and O–H groups in total. The monoisotopic (exact) mass is 855 g/mol. The lowest BCUT2D eigenvalue weighted by molar-refractivity contribution is -0.167. The number of aromatic nitrogens is 1. The Bertz CT molecular complexity index is 2240. The highest BCUT2D eigenvalue weighted by Crippen LogP contribution is 2.43. The topological polar surface area (TPSA) is 160 Å². The number of phenolic OH excluding ortho intramolecular Hbond substituents is 1. The minimum atomic E-state index is -0.937. The number of H-pyrrole nitrogens is 1. The third kappa shape index (κ3) is 9.88. The van der Waals surface area contributed by atoms with Crippen LogP contribution in [0.1, 0.15) is 99.0 Å². The highest BCUT2D eigenvalue weighted by Gasteiger charge is 2.46. The number of hydrogen-bond donors (Lipinski definition) is 4. The fraction of sp³-hybridized carbons (Fsp3) is 0.521. The Labute approximate surface area is 361 Å². The standard InChI is InChI=1S/C48H58ClN3O9/c1-58-41-25-42(38(49)24-33(41)26-50-27-40(54)36-12-14-39(53)46-37(36)13-15-44(55)51-46)59-29-45(56)60-35-10-8-30(9-11-35)22-31-6-5-7-34(23-31)48(18-3-2-4-19-48)47(57)61-43-28-52-20-16-32(43)17-21-52/h5-7,12-15,23-25,30,32,35,40,43,50,53-54H,2-4,8-11,16-22,26-29H2,1H3,(H,51,55)/t30?,35?,40?,43-/m0/s1. The molecule has 12 nitrogen and oxygen atoms in total. The van der Waals surface area contributed by atoms with Crippen molar-refractivity contribution in [2.24, 2.45) is 11.8 Å². The molecule has 4 aromatic rings. The van der Waals surface area contributed by atoms with Gasteiger partial charge in [-0.1, -0.05) is 61.2 Å². The van der Waals surface area contributed by atoms with Crippen molar-refractivity contribution in [1.82, 2.24) is 15.2 Å². The van der Waals surface area contributed by atoms with E-state index in [2.05, 4.69) is 39.5 Å². The van der Waals surface area contributed by atoms with Crippen molar-refractivity contribution in [3.63, 3.8) is 0 Å². The van der Waals surface area contributed by atoms with Gasteiger partial charge in [0.15, 0.2) is 6.61 Å². The molecular formula is C48H58ClN3O9. The van der Waals surface area contributed by atoms with E-state index in [-0.39, 0.29) is 53.9 Å². The minimum Gasteiger partial charge on any atom is -0.506 e. The number of halogens is 1. The number of carbonyl (C=O) groups is 2. The van der Waals surface area contributed by atoms with E-state index in [9.17, 15) is 24.6 Å². The predicted molar refractivity (Wildman–Crippen MR) is 232 cm³/mol. The van der Waals surface area contributed by atoms with Gasteiger partial charge in [-0.2, -0.15) is 0 Å². The summed E-state index contributed by atoms with van der Waals surface area (Å²) in [6, 6.07) is 18.0. The molecule has 2 bridgehead atoms. The average Bonchev–Trinajstić information content (AvgIpc) is 3.27. The Balaban J connectivity index is 0.798. The lowest BCUT2D eigenvalue weighted by Crippen LogP contribution is -2.53. The molecule has 1 aromatic heterocycles. The van der Waals surface area contributed by atoms with Crippen LogP contribution in [-0.2, 0) is 37.4 Å². The predicted octanol–water partition coefficient (Wildman–Crippen LogP) is 7.28. The zero-order valence-corrected chi connectivity index (χ0v) is 35.7. The van der Waals surface area contributed by atoms with Crippen molar-refractivity contribution in [2.75, 3.05) is 39.9 Å². The number of aromatic amines is 1. The van der Waals surface area contributed by atoms with Crippen molar-refractivity contribution in [2.45, 2.75) is 107 Å². The molecule has 2 atom stereocenters. The Hall–Kier alpha value is -4.62. The summed E-state index contributed by atoms with van der Waals surface area (Å²) in [5.74, 6) is 1.18. The molecular weight excluding hydrogens is 798 g/mol. The molecule has 4 heterocycles. The maximum Gasteiger partial charge on any atom is 0.344 e.